The maximum absolute atomic E-state index is 12.1. The number of carbonyl (C=O) groups excluding carboxylic acids is 1. The van der Waals surface area contributed by atoms with Crippen molar-refractivity contribution in [3.63, 3.8) is 0 Å². The van der Waals surface area contributed by atoms with Crippen LogP contribution in [0.25, 0.3) is 0 Å². The average Bonchev–Trinajstić information content (AvgIpc) is 2.38. The predicted octanol–water partition coefficient (Wildman–Crippen LogP) is 3.84. The van der Waals surface area contributed by atoms with Crippen molar-refractivity contribution in [3.8, 4) is 5.75 Å². The van der Waals surface area contributed by atoms with E-state index in [0.717, 1.165) is 0 Å². The van der Waals surface area contributed by atoms with Gasteiger partial charge in [0, 0.05) is 16.9 Å². The van der Waals surface area contributed by atoms with E-state index >= 15 is 0 Å². The van der Waals surface area contributed by atoms with Crippen LogP contribution < -0.4 is 15.8 Å². The molecule has 0 heterocycles. The van der Waals surface area contributed by atoms with Gasteiger partial charge < -0.3 is 15.8 Å². The zero-order valence-electron chi connectivity index (χ0n) is 10.6. The second kappa shape index (κ2) is 6.03. The molecule has 4 nitrogen and oxygen atoms in total. The summed E-state index contributed by atoms with van der Waals surface area (Å²) in [6.07, 6.45) is 0. The van der Waals surface area contributed by atoms with Crippen LogP contribution in [-0.4, -0.2) is 13.0 Å². The average molecular weight is 311 g/mol. The summed E-state index contributed by atoms with van der Waals surface area (Å²) in [6, 6.07) is 9.86. The van der Waals surface area contributed by atoms with Gasteiger partial charge in [-0.1, -0.05) is 29.3 Å². The normalized spacial score (nSPS) is 10.2. The van der Waals surface area contributed by atoms with Crippen molar-refractivity contribution in [2.24, 2.45) is 0 Å². The Balaban J connectivity index is 2.26. The van der Waals surface area contributed by atoms with E-state index in [4.69, 9.17) is 33.7 Å². The van der Waals surface area contributed by atoms with Crippen molar-refractivity contribution >= 4 is 40.5 Å². The molecule has 3 N–H and O–H groups in total. The molecule has 2 aromatic rings. The van der Waals surface area contributed by atoms with E-state index in [1.807, 2.05) is 0 Å². The molecule has 0 aromatic heterocycles. The molecule has 0 spiro atoms. The minimum Gasteiger partial charge on any atom is -0.494 e. The maximum Gasteiger partial charge on any atom is 0.255 e. The Morgan fingerprint density at radius 2 is 1.85 bits per heavy atom. The highest BCUT2D eigenvalue weighted by molar-refractivity contribution is 6.37. The number of methoxy groups -OCH3 is 1. The molecular formula is C14H12Cl2N2O2. The van der Waals surface area contributed by atoms with Gasteiger partial charge in [-0.25, -0.2) is 0 Å². The van der Waals surface area contributed by atoms with E-state index in [-0.39, 0.29) is 16.0 Å². The van der Waals surface area contributed by atoms with Crippen molar-refractivity contribution in [1.82, 2.24) is 0 Å². The van der Waals surface area contributed by atoms with E-state index in [9.17, 15) is 4.79 Å². The number of anilines is 2. The Morgan fingerprint density at radius 3 is 2.40 bits per heavy atom. The highest BCUT2D eigenvalue weighted by Crippen LogP contribution is 2.34. The molecule has 0 radical (unpaired) electrons. The summed E-state index contributed by atoms with van der Waals surface area (Å²) in [4.78, 5) is 12.1. The van der Waals surface area contributed by atoms with Crippen molar-refractivity contribution in [3.05, 3.63) is 52.0 Å². The first-order valence-corrected chi connectivity index (χ1v) is 6.47. The van der Waals surface area contributed by atoms with Crippen LogP contribution in [-0.2, 0) is 0 Å². The molecule has 0 aliphatic carbocycles. The lowest BCUT2D eigenvalue weighted by Crippen LogP contribution is -2.12. The van der Waals surface area contributed by atoms with Gasteiger partial charge in [-0.3, -0.25) is 4.79 Å². The van der Waals surface area contributed by atoms with Gasteiger partial charge in [-0.05, 0) is 30.3 Å². The van der Waals surface area contributed by atoms with Gasteiger partial charge in [0.15, 0.2) is 5.75 Å². The number of hydrogen-bond donors (Lipinski definition) is 2. The Bertz CT molecular complexity index is 636. The first kappa shape index (κ1) is 14.5. The fourth-order valence-corrected chi connectivity index (χ4v) is 2.35. The van der Waals surface area contributed by atoms with Gasteiger partial charge >= 0.3 is 0 Å². The highest BCUT2D eigenvalue weighted by Gasteiger charge is 2.13. The minimum atomic E-state index is -0.331. The quantitative estimate of drug-likeness (QED) is 0.847. The molecule has 0 bridgehead atoms. The molecule has 0 aliphatic heterocycles. The first-order valence-electron chi connectivity index (χ1n) is 5.71. The van der Waals surface area contributed by atoms with Crippen LogP contribution in [0.3, 0.4) is 0 Å². The zero-order chi connectivity index (χ0) is 14.7. The molecule has 0 fully saturated rings. The van der Waals surface area contributed by atoms with Crippen molar-refractivity contribution in [1.29, 1.82) is 0 Å². The monoisotopic (exact) mass is 310 g/mol. The standard InChI is InChI=1S/C14H12Cl2N2O2/c1-20-13-11(15)5-8(6-12(13)16)14(19)18-10-4-2-3-9(17)7-10/h2-7H,17H2,1H3,(H,18,19). The van der Waals surface area contributed by atoms with Crippen LogP contribution in [0.2, 0.25) is 10.0 Å². The van der Waals surface area contributed by atoms with E-state index in [1.54, 1.807) is 24.3 Å². The summed E-state index contributed by atoms with van der Waals surface area (Å²) in [7, 11) is 1.46. The zero-order valence-corrected chi connectivity index (χ0v) is 12.1. The van der Waals surface area contributed by atoms with Gasteiger partial charge in [-0.15, -0.1) is 0 Å². The second-order valence-corrected chi connectivity index (χ2v) is 4.87. The Hall–Kier alpha value is -1.91. The fourth-order valence-electron chi connectivity index (χ4n) is 1.71. The fraction of sp³-hybridized carbons (Fsp3) is 0.0714. The van der Waals surface area contributed by atoms with E-state index < -0.39 is 0 Å². The molecule has 104 valence electrons. The Labute approximate surface area is 126 Å². The molecule has 1 amide bonds. The number of hydrogen-bond acceptors (Lipinski definition) is 3. The number of nitrogens with two attached hydrogens (primary N) is 1. The molecule has 0 unspecified atom stereocenters. The Morgan fingerprint density at radius 1 is 1.20 bits per heavy atom. The van der Waals surface area contributed by atoms with E-state index in [1.165, 1.54) is 19.2 Å². The number of amides is 1. The van der Waals surface area contributed by atoms with Gasteiger partial charge in [0.25, 0.3) is 5.91 Å². The molecule has 20 heavy (non-hydrogen) atoms. The topological polar surface area (TPSA) is 64.3 Å². The number of nitrogens with one attached hydrogen (secondary N) is 1. The van der Waals surface area contributed by atoms with E-state index in [2.05, 4.69) is 5.32 Å². The van der Waals surface area contributed by atoms with Crippen LogP contribution in [0.4, 0.5) is 11.4 Å². The summed E-state index contributed by atoms with van der Waals surface area (Å²) in [5.74, 6) is 0.0101. The van der Waals surface area contributed by atoms with Gasteiger partial charge in [-0.2, -0.15) is 0 Å². The van der Waals surface area contributed by atoms with Crippen molar-refractivity contribution < 1.29 is 9.53 Å². The summed E-state index contributed by atoms with van der Waals surface area (Å²) in [6.45, 7) is 0. The maximum atomic E-state index is 12.1. The smallest absolute Gasteiger partial charge is 0.255 e. The van der Waals surface area contributed by atoms with Gasteiger partial charge in [0.05, 0.1) is 17.2 Å². The predicted molar refractivity (Wildman–Crippen MR) is 81.8 cm³/mol. The second-order valence-electron chi connectivity index (χ2n) is 4.05. The molecule has 2 rings (SSSR count). The molecule has 2 aromatic carbocycles. The summed E-state index contributed by atoms with van der Waals surface area (Å²) >= 11 is 12.0. The van der Waals surface area contributed by atoms with Gasteiger partial charge in [0.2, 0.25) is 0 Å². The lowest BCUT2D eigenvalue weighted by molar-refractivity contribution is 0.102. The molecule has 0 aliphatic rings. The SMILES string of the molecule is COc1c(Cl)cc(C(=O)Nc2cccc(N)c2)cc1Cl. The highest BCUT2D eigenvalue weighted by atomic mass is 35.5. The van der Waals surface area contributed by atoms with Crippen LogP contribution in [0, 0.1) is 0 Å². The third kappa shape index (κ3) is 3.15. The third-order valence-corrected chi connectivity index (χ3v) is 3.17. The number of carbonyl (C=O) groups is 1. The van der Waals surface area contributed by atoms with Gasteiger partial charge in [0.1, 0.15) is 0 Å². The number of nitrogen functional groups attached to an aromatic ring is 1. The lowest BCUT2D eigenvalue weighted by atomic mass is 10.2. The summed E-state index contributed by atoms with van der Waals surface area (Å²) < 4.78 is 5.03. The van der Waals surface area contributed by atoms with Crippen LogP contribution in [0.15, 0.2) is 36.4 Å². The molecule has 0 atom stereocenters. The number of benzene rings is 2. The van der Waals surface area contributed by atoms with E-state index in [0.29, 0.717) is 22.7 Å². The number of halogens is 2. The molecular weight excluding hydrogens is 299 g/mol. The summed E-state index contributed by atoms with van der Waals surface area (Å²) in [5, 5.41) is 3.27. The first-order chi connectivity index (χ1) is 9.51. The largest absolute Gasteiger partial charge is 0.494 e. The van der Waals surface area contributed by atoms with Crippen LogP contribution in [0.5, 0.6) is 5.75 Å². The Kier molecular flexibility index (Phi) is 4.37. The lowest BCUT2D eigenvalue weighted by Gasteiger charge is -2.09. The van der Waals surface area contributed by atoms with Crippen LogP contribution in [0.1, 0.15) is 10.4 Å². The molecule has 0 saturated heterocycles. The molecule has 0 saturated carbocycles. The van der Waals surface area contributed by atoms with Crippen molar-refractivity contribution in [2.45, 2.75) is 0 Å². The number of rotatable bonds is 3. The number of ether oxygens (including phenoxy) is 1. The third-order valence-electron chi connectivity index (χ3n) is 2.61. The van der Waals surface area contributed by atoms with Crippen molar-refractivity contribution in [2.75, 3.05) is 18.2 Å². The minimum absolute atomic E-state index is 0.276. The van der Waals surface area contributed by atoms with Crippen LogP contribution >= 0.6 is 23.2 Å². The molecule has 6 heteroatoms. The summed E-state index contributed by atoms with van der Waals surface area (Å²) in [5.41, 5.74) is 7.14.